The van der Waals surface area contributed by atoms with Crippen molar-refractivity contribution in [3.05, 3.63) is 59.7 Å². The molecule has 1 heterocycles. The van der Waals surface area contributed by atoms with E-state index in [-0.39, 0.29) is 24.1 Å². The smallest absolute Gasteiger partial charge is 0.254 e. The van der Waals surface area contributed by atoms with E-state index < -0.39 is 0 Å². The lowest BCUT2D eigenvalue weighted by Gasteiger charge is -2.18. The van der Waals surface area contributed by atoms with Crippen LogP contribution in [0.4, 0.5) is 11.4 Å². The molecule has 1 aliphatic heterocycles. The fourth-order valence-corrected chi connectivity index (χ4v) is 3.39. The van der Waals surface area contributed by atoms with Crippen molar-refractivity contribution in [2.45, 2.75) is 13.3 Å². The van der Waals surface area contributed by atoms with Crippen LogP contribution < -0.4 is 10.2 Å². The van der Waals surface area contributed by atoms with E-state index >= 15 is 0 Å². The van der Waals surface area contributed by atoms with Crippen molar-refractivity contribution in [3.8, 4) is 6.07 Å². The predicted molar refractivity (Wildman–Crippen MR) is 108 cm³/mol. The van der Waals surface area contributed by atoms with Gasteiger partial charge in [-0.15, -0.1) is 0 Å². The third kappa shape index (κ3) is 4.74. The molecule has 2 aromatic rings. The predicted octanol–water partition coefficient (Wildman–Crippen LogP) is 3.14. The van der Waals surface area contributed by atoms with Crippen LogP contribution in [0.25, 0.3) is 0 Å². The van der Waals surface area contributed by atoms with Gasteiger partial charge in [0.05, 0.1) is 23.9 Å². The van der Waals surface area contributed by atoms with Gasteiger partial charge in [0, 0.05) is 5.69 Å². The molecule has 3 rings (SSSR count). The Balaban J connectivity index is 1.58. The number of nitrogens with one attached hydrogen (secondary N) is 1. The Bertz CT molecular complexity index is 914. The van der Waals surface area contributed by atoms with Gasteiger partial charge in [0.15, 0.2) is 5.17 Å². The number of carbonyl (C=O) groups excluding carboxylic acids is 2. The quantitative estimate of drug-likeness (QED) is 0.866. The Hall–Kier alpha value is -3.11. The fourth-order valence-electron chi connectivity index (χ4n) is 2.57. The van der Waals surface area contributed by atoms with E-state index in [9.17, 15) is 9.59 Å². The standard InChI is InChI=1S/C20H18N4O2S/c1-14-2-8-17(9-3-14)24-19(26)12-22-20(24)27-13-18(25)23-16-6-4-15(5-7-16)10-11-21/h2-9H,10,12-13H2,1H3,(H,23,25). The van der Waals surface area contributed by atoms with Gasteiger partial charge < -0.3 is 5.32 Å². The van der Waals surface area contributed by atoms with Crippen molar-refractivity contribution in [1.29, 1.82) is 5.26 Å². The molecular weight excluding hydrogens is 360 g/mol. The summed E-state index contributed by atoms with van der Waals surface area (Å²) < 4.78 is 0. The van der Waals surface area contributed by atoms with Crippen LogP contribution >= 0.6 is 11.8 Å². The summed E-state index contributed by atoms with van der Waals surface area (Å²) in [5.41, 5.74) is 3.43. The fraction of sp³-hybridized carbons (Fsp3) is 0.200. The zero-order chi connectivity index (χ0) is 19.2. The molecule has 6 nitrogen and oxygen atoms in total. The van der Waals surface area contributed by atoms with Crippen LogP contribution in [-0.2, 0) is 16.0 Å². The van der Waals surface area contributed by atoms with Gasteiger partial charge >= 0.3 is 0 Å². The van der Waals surface area contributed by atoms with Crippen molar-refractivity contribution in [2.24, 2.45) is 4.99 Å². The molecule has 0 unspecified atom stereocenters. The van der Waals surface area contributed by atoms with Crippen LogP contribution in [0.3, 0.4) is 0 Å². The number of amidine groups is 1. The zero-order valence-corrected chi connectivity index (χ0v) is 15.6. The number of nitriles is 1. The highest BCUT2D eigenvalue weighted by Gasteiger charge is 2.27. The van der Waals surface area contributed by atoms with E-state index in [4.69, 9.17) is 5.26 Å². The van der Waals surface area contributed by atoms with E-state index in [1.165, 1.54) is 11.8 Å². The van der Waals surface area contributed by atoms with E-state index in [1.807, 2.05) is 43.3 Å². The molecule has 136 valence electrons. The minimum atomic E-state index is -0.182. The van der Waals surface area contributed by atoms with Crippen molar-refractivity contribution >= 4 is 40.1 Å². The first-order valence-electron chi connectivity index (χ1n) is 8.39. The third-order valence-electron chi connectivity index (χ3n) is 3.94. The number of aliphatic imine (C=N–C) groups is 1. The highest BCUT2D eigenvalue weighted by atomic mass is 32.2. The lowest BCUT2D eigenvalue weighted by Crippen LogP contribution is -2.31. The number of amides is 2. The van der Waals surface area contributed by atoms with Crippen LogP contribution in [0.5, 0.6) is 0 Å². The molecule has 27 heavy (non-hydrogen) atoms. The van der Waals surface area contributed by atoms with E-state index in [0.717, 1.165) is 16.8 Å². The monoisotopic (exact) mass is 378 g/mol. The molecule has 0 radical (unpaired) electrons. The minimum Gasteiger partial charge on any atom is -0.325 e. The second-order valence-corrected chi connectivity index (χ2v) is 6.97. The van der Waals surface area contributed by atoms with Gasteiger partial charge in [-0.05, 0) is 36.8 Å². The molecule has 1 N–H and O–H groups in total. The van der Waals surface area contributed by atoms with Crippen molar-refractivity contribution in [2.75, 3.05) is 22.5 Å². The summed E-state index contributed by atoms with van der Waals surface area (Å²) >= 11 is 1.23. The van der Waals surface area contributed by atoms with Gasteiger partial charge in [0.2, 0.25) is 5.91 Å². The summed E-state index contributed by atoms with van der Waals surface area (Å²) in [7, 11) is 0. The summed E-state index contributed by atoms with van der Waals surface area (Å²) in [5, 5.41) is 12.0. The van der Waals surface area contributed by atoms with E-state index in [2.05, 4.69) is 16.4 Å². The number of benzene rings is 2. The number of thioether (sulfide) groups is 1. The highest BCUT2D eigenvalue weighted by molar-refractivity contribution is 8.14. The van der Waals surface area contributed by atoms with Crippen LogP contribution in [0.1, 0.15) is 11.1 Å². The molecule has 0 fully saturated rings. The Morgan fingerprint density at radius 3 is 2.59 bits per heavy atom. The lowest BCUT2D eigenvalue weighted by atomic mass is 10.1. The Labute approximate surface area is 161 Å². The van der Waals surface area contributed by atoms with Gasteiger partial charge in [-0.25, -0.2) is 0 Å². The minimum absolute atomic E-state index is 0.0954. The maximum absolute atomic E-state index is 12.2. The first-order valence-corrected chi connectivity index (χ1v) is 9.38. The third-order valence-corrected chi connectivity index (χ3v) is 4.91. The molecule has 2 amide bonds. The highest BCUT2D eigenvalue weighted by Crippen LogP contribution is 2.24. The number of nitrogens with zero attached hydrogens (tertiary/aromatic N) is 3. The zero-order valence-electron chi connectivity index (χ0n) is 14.8. The summed E-state index contributed by atoms with van der Waals surface area (Å²) in [4.78, 5) is 30.2. The lowest BCUT2D eigenvalue weighted by molar-refractivity contribution is -0.116. The average molecular weight is 378 g/mol. The van der Waals surface area contributed by atoms with Gasteiger partial charge in [-0.2, -0.15) is 5.26 Å². The molecule has 0 bridgehead atoms. The number of rotatable bonds is 5. The Kier molecular flexibility index (Phi) is 5.89. The first-order chi connectivity index (χ1) is 13.1. The van der Waals surface area contributed by atoms with Gasteiger partial charge in [0.1, 0.15) is 6.54 Å². The van der Waals surface area contributed by atoms with Crippen molar-refractivity contribution in [1.82, 2.24) is 0 Å². The summed E-state index contributed by atoms with van der Waals surface area (Å²) in [6.45, 7) is 2.08. The second kappa shape index (κ2) is 8.52. The first kappa shape index (κ1) is 18.7. The Morgan fingerprint density at radius 2 is 1.93 bits per heavy atom. The Morgan fingerprint density at radius 1 is 1.22 bits per heavy atom. The molecule has 2 aromatic carbocycles. The molecule has 0 spiro atoms. The van der Waals surface area contributed by atoms with E-state index in [0.29, 0.717) is 17.3 Å². The van der Waals surface area contributed by atoms with Crippen LogP contribution in [0.15, 0.2) is 53.5 Å². The number of anilines is 2. The summed E-state index contributed by atoms with van der Waals surface area (Å²) in [6.07, 6.45) is 0.340. The maximum atomic E-state index is 12.2. The maximum Gasteiger partial charge on any atom is 0.254 e. The summed E-state index contributed by atoms with van der Waals surface area (Å²) in [6, 6.07) is 16.9. The molecule has 0 saturated carbocycles. The number of carbonyl (C=O) groups is 2. The molecule has 0 atom stereocenters. The van der Waals surface area contributed by atoms with E-state index in [1.54, 1.807) is 17.0 Å². The van der Waals surface area contributed by atoms with Crippen LogP contribution in [0, 0.1) is 18.3 Å². The molecule has 1 aliphatic rings. The number of aryl methyl sites for hydroxylation is 1. The second-order valence-electron chi connectivity index (χ2n) is 6.03. The molecule has 0 saturated heterocycles. The molecular formula is C20H18N4O2S. The van der Waals surface area contributed by atoms with Crippen molar-refractivity contribution in [3.63, 3.8) is 0 Å². The van der Waals surface area contributed by atoms with Gasteiger partial charge in [-0.3, -0.25) is 19.5 Å². The van der Waals surface area contributed by atoms with Gasteiger partial charge in [0.25, 0.3) is 5.91 Å². The SMILES string of the molecule is Cc1ccc(N2C(=O)CN=C2SCC(=O)Nc2ccc(CC#N)cc2)cc1. The number of hydrogen-bond acceptors (Lipinski definition) is 5. The topological polar surface area (TPSA) is 85.6 Å². The molecule has 7 heteroatoms. The largest absolute Gasteiger partial charge is 0.325 e. The van der Waals surface area contributed by atoms with Crippen molar-refractivity contribution < 1.29 is 9.59 Å². The summed E-state index contributed by atoms with van der Waals surface area (Å²) in [5.74, 6) is -0.136. The number of hydrogen-bond donors (Lipinski definition) is 1. The average Bonchev–Trinajstić information content (AvgIpc) is 3.03. The molecule has 0 aliphatic carbocycles. The van der Waals surface area contributed by atoms with Gasteiger partial charge in [-0.1, -0.05) is 41.6 Å². The van der Waals surface area contributed by atoms with Crippen LogP contribution in [-0.4, -0.2) is 29.3 Å². The van der Waals surface area contributed by atoms with Crippen LogP contribution in [0.2, 0.25) is 0 Å². The molecule has 0 aromatic heterocycles. The normalized spacial score (nSPS) is 13.3.